The van der Waals surface area contributed by atoms with Crippen LogP contribution in [-0.2, 0) is 17.1 Å². The van der Waals surface area contributed by atoms with Crippen LogP contribution in [-0.4, -0.2) is 22.5 Å². The number of halogens is 6. The van der Waals surface area contributed by atoms with Crippen LogP contribution in [0.2, 0.25) is 0 Å². The van der Waals surface area contributed by atoms with Gasteiger partial charge in [0.05, 0.1) is 17.2 Å². The Morgan fingerprint density at radius 2 is 1.56 bits per heavy atom. The van der Waals surface area contributed by atoms with E-state index in [0.29, 0.717) is 36.1 Å². The van der Waals surface area contributed by atoms with Gasteiger partial charge in [0.25, 0.3) is 0 Å². The highest BCUT2D eigenvalue weighted by Gasteiger charge is 2.37. The van der Waals surface area contributed by atoms with E-state index in [4.69, 9.17) is 0 Å². The number of piperidine rings is 1. The number of alkyl halides is 6. The molecule has 3 atom stereocenters. The number of aliphatic carboxylic acids is 1. The largest absolute Gasteiger partial charge is 0.481 e. The van der Waals surface area contributed by atoms with Gasteiger partial charge < -0.3 is 5.11 Å². The van der Waals surface area contributed by atoms with Crippen LogP contribution in [0.4, 0.5) is 26.3 Å². The van der Waals surface area contributed by atoms with Gasteiger partial charge in [-0.05, 0) is 66.6 Å². The monoisotopic (exact) mass is 509 g/mol. The molecule has 2 aromatic carbocycles. The minimum atomic E-state index is -4.51. The summed E-state index contributed by atoms with van der Waals surface area (Å²) in [5.41, 5.74) is -0.0365. The Balaban J connectivity index is 2.04. The average Bonchev–Trinajstić information content (AvgIpc) is 2.78. The van der Waals surface area contributed by atoms with E-state index in [9.17, 15) is 36.2 Å². The fourth-order valence-electron chi connectivity index (χ4n) is 4.42. The Labute approximate surface area is 205 Å². The van der Waals surface area contributed by atoms with E-state index in [1.165, 1.54) is 24.3 Å². The van der Waals surface area contributed by atoms with Gasteiger partial charge in [-0.3, -0.25) is 9.69 Å². The summed E-state index contributed by atoms with van der Waals surface area (Å²) in [6, 6.07) is 8.12. The minimum Gasteiger partial charge on any atom is -0.481 e. The van der Waals surface area contributed by atoms with Crippen molar-refractivity contribution in [3.05, 3.63) is 82.9 Å². The van der Waals surface area contributed by atoms with E-state index < -0.39 is 41.5 Å². The highest BCUT2D eigenvalue weighted by atomic mass is 19.4. The maximum atomic E-state index is 13.1. The molecule has 3 rings (SSSR count). The second-order valence-corrected chi connectivity index (χ2v) is 8.93. The lowest BCUT2D eigenvalue weighted by molar-refractivity contribution is -0.139. The van der Waals surface area contributed by atoms with Crippen LogP contribution in [0.5, 0.6) is 0 Å². The van der Waals surface area contributed by atoms with Crippen LogP contribution in [0.15, 0.2) is 60.7 Å². The molecule has 0 amide bonds. The number of carboxylic acid groups (broad SMARTS) is 1. The van der Waals surface area contributed by atoms with Gasteiger partial charge in [-0.15, -0.1) is 0 Å². The second kappa shape index (κ2) is 10.8. The number of allylic oxidation sites excluding steroid dienone is 1. The first-order valence-corrected chi connectivity index (χ1v) is 11.2. The SMILES string of the molecule is C=C(C)C#C[C@H](c1ccc(C(F)(F)F)cc1)N1CC[C@@H](CC(=O)O)C[C@H]1c1ccc(C(F)(F)F)cc1. The summed E-state index contributed by atoms with van der Waals surface area (Å²) in [5, 5.41) is 9.28. The predicted octanol–water partition coefficient (Wildman–Crippen LogP) is 7.27. The van der Waals surface area contributed by atoms with Gasteiger partial charge in [0.1, 0.15) is 0 Å². The zero-order valence-electron chi connectivity index (χ0n) is 19.5. The number of likely N-dealkylation sites (tertiary alicyclic amines) is 1. The van der Waals surface area contributed by atoms with Gasteiger partial charge in [0.2, 0.25) is 0 Å². The Morgan fingerprint density at radius 3 is 2.03 bits per heavy atom. The lowest BCUT2D eigenvalue weighted by Gasteiger charge is -2.42. The molecule has 1 saturated heterocycles. The number of benzene rings is 2. The van der Waals surface area contributed by atoms with Crippen molar-refractivity contribution in [3.63, 3.8) is 0 Å². The summed E-state index contributed by atoms with van der Waals surface area (Å²) in [5.74, 6) is 4.75. The van der Waals surface area contributed by atoms with Crippen molar-refractivity contribution in [2.75, 3.05) is 6.54 Å². The number of carbonyl (C=O) groups is 1. The molecule has 1 heterocycles. The molecule has 0 spiro atoms. The quantitative estimate of drug-likeness (QED) is 0.340. The highest BCUT2D eigenvalue weighted by Crippen LogP contribution is 2.42. The van der Waals surface area contributed by atoms with Crippen molar-refractivity contribution in [2.45, 2.75) is 50.6 Å². The van der Waals surface area contributed by atoms with Crippen molar-refractivity contribution in [1.29, 1.82) is 0 Å². The van der Waals surface area contributed by atoms with Crippen LogP contribution in [0.3, 0.4) is 0 Å². The molecule has 9 heteroatoms. The van der Waals surface area contributed by atoms with Crippen molar-refractivity contribution in [1.82, 2.24) is 4.90 Å². The Hall–Kier alpha value is -3.25. The fraction of sp³-hybridized carbons (Fsp3) is 0.370. The van der Waals surface area contributed by atoms with Gasteiger partial charge in [0.15, 0.2) is 0 Å². The van der Waals surface area contributed by atoms with Crippen LogP contribution < -0.4 is 0 Å². The van der Waals surface area contributed by atoms with Crippen molar-refractivity contribution in [3.8, 4) is 11.8 Å². The zero-order chi connectivity index (χ0) is 26.7. The third kappa shape index (κ3) is 6.91. The second-order valence-electron chi connectivity index (χ2n) is 8.93. The van der Waals surface area contributed by atoms with Gasteiger partial charge >= 0.3 is 18.3 Å². The third-order valence-electron chi connectivity index (χ3n) is 6.15. The van der Waals surface area contributed by atoms with Crippen LogP contribution in [0.1, 0.15) is 60.5 Å². The van der Waals surface area contributed by atoms with Crippen LogP contribution in [0, 0.1) is 17.8 Å². The van der Waals surface area contributed by atoms with E-state index in [-0.39, 0.29) is 12.3 Å². The normalized spacial score (nSPS) is 19.8. The van der Waals surface area contributed by atoms with E-state index in [0.717, 1.165) is 24.3 Å². The van der Waals surface area contributed by atoms with E-state index in [2.05, 4.69) is 18.4 Å². The molecule has 0 bridgehead atoms. The smallest absolute Gasteiger partial charge is 0.416 e. The average molecular weight is 509 g/mol. The van der Waals surface area contributed by atoms with E-state index >= 15 is 0 Å². The molecule has 0 radical (unpaired) electrons. The Morgan fingerprint density at radius 1 is 1.03 bits per heavy atom. The summed E-state index contributed by atoms with van der Waals surface area (Å²) in [4.78, 5) is 13.2. The fourth-order valence-corrected chi connectivity index (χ4v) is 4.42. The molecular formula is C27H25F6NO2. The molecule has 1 aliphatic rings. The van der Waals surface area contributed by atoms with Gasteiger partial charge in [0, 0.05) is 19.0 Å². The number of carboxylic acids is 1. The molecule has 0 aromatic heterocycles. The molecule has 0 unspecified atom stereocenters. The molecule has 1 N–H and O–H groups in total. The van der Waals surface area contributed by atoms with Crippen molar-refractivity contribution >= 4 is 5.97 Å². The van der Waals surface area contributed by atoms with E-state index in [1.807, 2.05) is 4.90 Å². The molecule has 3 nitrogen and oxygen atoms in total. The zero-order valence-corrected chi connectivity index (χ0v) is 19.5. The number of hydrogen-bond donors (Lipinski definition) is 1. The first kappa shape index (κ1) is 27.3. The summed E-state index contributed by atoms with van der Waals surface area (Å²) >= 11 is 0. The van der Waals surface area contributed by atoms with E-state index in [1.54, 1.807) is 6.92 Å². The number of rotatable bonds is 5. The highest BCUT2D eigenvalue weighted by molar-refractivity contribution is 5.67. The van der Waals surface area contributed by atoms with Crippen LogP contribution >= 0.6 is 0 Å². The maximum absolute atomic E-state index is 13.1. The maximum Gasteiger partial charge on any atom is 0.416 e. The summed E-state index contributed by atoms with van der Waals surface area (Å²) in [6.07, 6.45) is -8.26. The van der Waals surface area contributed by atoms with Crippen molar-refractivity contribution < 1.29 is 36.2 Å². The first-order chi connectivity index (χ1) is 16.8. The summed E-state index contributed by atoms with van der Waals surface area (Å²) in [6.45, 7) is 5.80. The third-order valence-corrected chi connectivity index (χ3v) is 6.15. The molecule has 192 valence electrons. The Kier molecular flexibility index (Phi) is 8.19. The topological polar surface area (TPSA) is 40.5 Å². The lowest BCUT2D eigenvalue weighted by atomic mass is 9.83. The minimum absolute atomic E-state index is 0.0899. The number of hydrogen-bond acceptors (Lipinski definition) is 2. The molecule has 36 heavy (non-hydrogen) atoms. The lowest BCUT2D eigenvalue weighted by Crippen LogP contribution is -2.39. The van der Waals surface area contributed by atoms with Crippen molar-refractivity contribution in [2.24, 2.45) is 5.92 Å². The molecule has 2 aromatic rings. The molecule has 0 aliphatic carbocycles. The standard InChI is InChI=1S/C27H25F6NO2/c1-17(2)3-12-23(19-4-8-21(9-5-19)26(28,29)30)34-14-13-18(16-25(35)36)15-24(34)20-6-10-22(11-7-20)27(31,32)33/h4-11,18,23-24H,1,13-16H2,2H3,(H,35,36)/t18-,23-,24+/m1/s1. The molecule has 1 fully saturated rings. The Bertz CT molecular complexity index is 1140. The predicted molar refractivity (Wildman–Crippen MR) is 123 cm³/mol. The molecule has 0 saturated carbocycles. The summed E-state index contributed by atoms with van der Waals surface area (Å²) in [7, 11) is 0. The summed E-state index contributed by atoms with van der Waals surface area (Å²) < 4.78 is 78.6. The van der Waals surface area contributed by atoms with Crippen LogP contribution in [0.25, 0.3) is 0 Å². The van der Waals surface area contributed by atoms with Gasteiger partial charge in [-0.2, -0.15) is 26.3 Å². The first-order valence-electron chi connectivity index (χ1n) is 11.2. The molecular weight excluding hydrogens is 484 g/mol. The number of nitrogens with zero attached hydrogens (tertiary/aromatic N) is 1. The van der Waals surface area contributed by atoms with Gasteiger partial charge in [-0.25, -0.2) is 0 Å². The van der Waals surface area contributed by atoms with Gasteiger partial charge in [-0.1, -0.05) is 42.7 Å². The molecule has 1 aliphatic heterocycles.